The first kappa shape index (κ1) is 13.9. The molecule has 2 rings (SSSR count). The van der Waals surface area contributed by atoms with Gasteiger partial charge in [0.05, 0.1) is 6.61 Å². The van der Waals surface area contributed by atoms with Gasteiger partial charge in [-0.1, -0.05) is 34.1 Å². The number of rotatable bonds is 5. The van der Waals surface area contributed by atoms with E-state index in [0.717, 1.165) is 5.56 Å². The van der Waals surface area contributed by atoms with Crippen molar-refractivity contribution < 1.29 is 13.9 Å². The Morgan fingerprint density at radius 1 is 1.05 bits per heavy atom. The van der Waals surface area contributed by atoms with Gasteiger partial charge >= 0.3 is 0 Å². The highest BCUT2D eigenvalue weighted by atomic mass is 79.9. The van der Waals surface area contributed by atoms with E-state index < -0.39 is 0 Å². The molecule has 2 nitrogen and oxygen atoms in total. The minimum Gasteiger partial charge on any atom is -0.490 e. The number of ether oxygens (including phenoxy) is 2. The second-order valence-corrected chi connectivity index (χ2v) is 4.76. The zero-order valence-corrected chi connectivity index (χ0v) is 12.1. The van der Waals surface area contributed by atoms with Crippen molar-refractivity contribution in [1.29, 1.82) is 0 Å². The maximum atomic E-state index is 13.0. The summed E-state index contributed by atoms with van der Waals surface area (Å²) in [7, 11) is 0. The Kier molecular flexibility index (Phi) is 4.80. The highest BCUT2D eigenvalue weighted by Gasteiger charge is 2.06. The number of halogens is 2. The molecule has 0 fully saturated rings. The molecule has 0 unspecified atom stereocenters. The van der Waals surface area contributed by atoms with Gasteiger partial charge in [-0.3, -0.25) is 0 Å². The van der Waals surface area contributed by atoms with Crippen LogP contribution in [0.2, 0.25) is 0 Å². The van der Waals surface area contributed by atoms with Crippen LogP contribution in [0.3, 0.4) is 0 Å². The van der Waals surface area contributed by atoms with E-state index >= 15 is 0 Å². The number of para-hydroxylation sites is 2. The predicted molar refractivity (Wildman–Crippen MR) is 76.0 cm³/mol. The number of benzene rings is 2. The third kappa shape index (κ3) is 3.70. The van der Waals surface area contributed by atoms with Gasteiger partial charge in [0.25, 0.3) is 0 Å². The van der Waals surface area contributed by atoms with E-state index in [4.69, 9.17) is 9.47 Å². The SMILES string of the molecule is CCOc1ccccc1OCc1ccc(F)cc1Br. The second-order valence-electron chi connectivity index (χ2n) is 3.90. The summed E-state index contributed by atoms with van der Waals surface area (Å²) in [6.45, 7) is 2.86. The first-order chi connectivity index (χ1) is 9.20. The molecule has 0 saturated carbocycles. The Labute approximate surface area is 120 Å². The van der Waals surface area contributed by atoms with Crippen molar-refractivity contribution >= 4 is 15.9 Å². The first-order valence-corrected chi connectivity index (χ1v) is 6.78. The summed E-state index contributed by atoms with van der Waals surface area (Å²) in [5.74, 6) is 1.12. The lowest BCUT2D eigenvalue weighted by Crippen LogP contribution is -2.00. The molecule has 0 amide bonds. The molecule has 0 aliphatic rings. The van der Waals surface area contributed by atoms with E-state index in [0.29, 0.717) is 29.2 Å². The topological polar surface area (TPSA) is 18.5 Å². The van der Waals surface area contributed by atoms with Gasteiger partial charge in [0.15, 0.2) is 11.5 Å². The maximum absolute atomic E-state index is 13.0. The summed E-state index contributed by atoms with van der Waals surface area (Å²) >= 11 is 3.32. The number of hydrogen-bond donors (Lipinski definition) is 0. The zero-order chi connectivity index (χ0) is 13.7. The van der Waals surface area contributed by atoms with Gasteiger partial charge in [0.2, 0.25) is 0 Å². The summed E-state index contributed by atoms with van der Waals surface area (Å²) in [5.41, 5.74) is 0.882. The quantitative estimate of drug-likeness (QED) is 0.802. The van der Waals surface area contributed by atoms with Gasteiger partial charge in [-0.2, -0.15) is 0 Å². The molecule has 2 aromatic carbocycles. The smallest absolute Gasteiger partial charge is 0.161 e. The van der Waals surface area contributed by atoms with Gasteiger partial charge in [0, 0.05) is 10.0 Å². The number of hydrogen-bond acceptors (Lipinski definition) is 2. The normalized spacial score (nSPS) is 10.3. The molecule has 100 valence electrons. The second kappa shape index (κ2) is 6.57. The van der Waals surface area contributed by atoms with Crippen molar-refractivity contribution in [2.75, 3.05) is 6.61 Å². The van der Waals surface area contributed by atoms with Crippen molar-refractivity contribution in [1.82, 2.24) is 0 Å². The molecule has 0 atom stereocenters. The predicted octanol–water partition coefficient (Wildman–Crippen LogP) is 4.57. The molecule has 0 aliphatic carbocycles. The van der Waals surface area contributed by atoms with Crippen LogP contribution in [0.25, 0.3) is 0 Å². The molecule has 0 aliphatic heterocycles. The molecule has 0 saturated heterocycles. The zero-order valence-electron chi connectivity index (χ0n) is 10.5. The summed E-state index contributed by atoms with van der Waals surface area (Å²) < 4.78 is 24.9. The van der Waals surface area contributed by atoms with Crippen LogP contribution >= 0.6 is 15.9 Å². The fourth-order valence-corrected chi connectivity index (χ4v) is 2.10. The third-order valence-corrected chi connectivity index (χ3v) is 3.29. The lowest BCUT2D eigenvalue weighted by Gasteiger charge is -2.12. The molecular formula is C15H14BrFO2. The maximum Gasteiger partial charge on any atom is 0.161 e. The summed E-state index contributed by atoms with van der Waals surface area (Å²) in [6, 6.07) is 12.0. The van der Waals surface area contributed by atoms with Crippen molar-refractivity contribution in [2.24, 2.45) is 0 Å². The van der Waals surface area contributed by atoms with Crippen LogP contribution in [-0.2, 0) is 6.61 Å². The first-order valence-electron chi connectivity index (χ1n) is 5.99. The van der Waals surface area contributed by atoms with Gasteiger partial charge in [-0.25, -0.2) is 4.39 Å². The fraction of sp³-hybridized carbons (Fsp3) is 0.200. The van der Waals surface area contributed by atoms with Crippen LogP contribution in [0.5, 0.6) is 11.5 Å². The lowest BCUT2D eigenvalue weighted by atomic mass is 10.2. The summed E-state index contributed by atoms with van der Waals surface area (Å²) in [4.78, 5) is 0. The van der Waals surface area contributed by atoms with Gasteiger partial charge in [-0.05, 0) is 31.2 Å². The molecule has 0 spiro atoms. The molecule has 19 heavy (non-hydrogen) atoms. The lowest BCUT2D eigenvalue weighted by molar-refractivity contribution is 0.269. The monoisotopic (exact) mass is 324 g/mol. The van der Waals surface area contributed by atoms with Crippen LogP contribution in [0.4, 0.5) is 4.39 Å². The Balaban J connectivity index is 2.10. The minimum absolute atomic E-state index is 0.273. The van der Waals surface area contributed by atoms with E-state index in [-0.39, 0.29) is 5.82 Å². The average Bonchev–Trinajstić information content (AvgIpc) is 2.40. The van der Waals surface area contributed by atoms with E-state index in [2.05, 4.69) is 15.9 Å². The van der Waals surface area contributed by atoms with E-state index in [1.807, 2.05) is 31.2 Å². The molecule has 0 radical (unpaired) electrons. The highest BCUT2D eigenvalue weighted by molar-refractivity contribution is 9.10. The van der Waals surface area contributed by atoms with Gasteiger partial charge < -0.3 is 9.47 Å². The van der Waals surface area contributed by atoms with Crippen molar-refractivity contribution in [3.63, 3.8) is 0 Å². The highest BCUT2D eigenvalue weighted by Crippen LogP contribution is 2.28. The van der Waals surface area contributed by atoms with Crippen molar-refractivity contribution in [3.8, 4) is 11.5 Å². The molecule has 2 aromatic rings. The molecule has 0 aromatic heterocycles. The van der Waals surface area contributed by atoms with Crippen molar-refractivity contribution in [2.45, 2.75) is 13.5 Å². The van der Waals surface area contributed by atoms with Crippen LogP contribution in [-0.4, -0.2) is 6.61 Å². The minimum atomic E-state index is -0.273. The molecule has 4 heteroatoms. The van der Waals surface area contributed by atoms with Gasteiger partial charge in [-0.15, -0.1) is 0 Å². The Morgan fingerprint density at radius 3 is 2.37 bits per heavy atom. The largest absolute Gasteiger partial charge is 0.490 e. The van der Waals surface area contributed by atoms with Crippen LogP contribution in [0, 0.1) is 5.82 Å². The van der Waals surface area contributed by atoms with E-state index in [1.165, 1.54) is 12.1 Å². The standard InChI is InChI=1S/C15H14BrFO2/c1-2-18-14-5-3-4-6-15(14)19-10-11-7-8-12(17)9-13(11)16/h3-9H,2,10H2,1H3. The third-order valence-electron chi connectivity index (χ3n) is 2.55. The molecular weight excluding hydrogens is 311 g/mol. The van der Waals surface area contributed by atoms with E-state index in [9.17, 15) is 4.39 Å². The fourth-order valence-electron chi connectivity index (χ4n) is 1.64. The Morgan fingerprint density at radius 2 is 1.74 bits per heavy atom. The molecule has 0 bridgehead atoms. The van der Waals surface area contributed by atoms with E-state index in [1.54, 1.807) is 6.07 Å². The van der Waals surface area contributed by atoms with Crippen LogP contribution in [0.15, 0.2) is 46.9 Å². The molecule has 0 heterocycles. The van der Waals surface area contributed by atoms with Crippen LogP contribution < -0.4 is 9.47 Å². The Hall–Kier alpha value is -1.55. The Bertz CT molecular complexity index is 558. The summed E-state index contributed by atoms with van der Waals surface area (Å²) in [6.07, 6.45) is 0. The van der Waals surface area contributed by atoms with Crippen LogP contribution in [0.1, 0.15) is 12.5 Å². The average molecular weight is 325 g/mol. The van der Waals surface area contributed by atoms with Crippen molar-refractivity contribution in [3.05, 3.63) is 58.3 Å². The summed E-state index contributed by atoms with van der Waals surface area (Å²) in [5, 5.41) is 0. The molecule has 0 N–H and O–H groups in total. The van der Waals surface area contributed by atoms with Gasteiger partial charge in [0.1, 0.15) is 12.4 Å².